The van der Waals surface area contributed by atoms with E-state index in [0.717, 1.165) is 11.3 Å². The highest BCUT2D eigenvalue weighted by Gasteiger charge is 2.24. The molecule has 0 radical (unpaired) electrons. The van der Waals surface area contributed by atoms with Crippen LogP contribution in [0.15, 0.2) is 18.2 Å². The maximum atomic E-state index is 8.97. The maximum Gasteiger partial charge on any atom is 0.139 e. The smallest absolute Gasteiger partial charge is 0.139 e. The van der Waals surface area contributed by atoms with Crippen molar-refractivity contribution in [2.75, 3.05) is 7.11 Å². The van der Waals surface area contributed by atoms with Crippen molar-refractivity contribution in [3.05, 3.63) is 29.6 Å². The van der Waals surface area contributed by atoms with Gasteiger partial charge in [0.1, 0.15) is 23.0 Å². The molecule has 0 bridgehead atoms. The van der Waals surface area contributed by atoms with E-state index < -0.39 is 5.60 Å². The van der Waals surface area contributed by atoms with Crippen LogP contribution in [0.25, 0.3) is 11.0 Å². The molecule has 16 heavy (non-hydrogen) atoms. The number of nitriles is 1. The monoisotopic (exact) mass is 215 g/mol. The molecule has 1 N–H and O–H groups in total. The zero-order valence-electron chi connectivity index (χ0n) is 9.53. The molecular formula is C12H13N3O. The Bertz CT molecular complexity index is 563. The third-order valence-electron chi connectivity index (χ3n) is 2.71. The van der Waals surface area contributed by atoms with Crippen molar-refractivity contribution in [1.29, 1.82) is 5.26 Å². The van der Waals surface area contributed by atoms with Gasteiger partial charge in [-0.1, -0.05) is 6.07 Å². The fourth-order valence-electron chi connectivity index (χ4n) is 1.50. The van der Waals surface area contributed by atoms with Crippen LogP contribution in [0.2, 0.25) is 0 Å². The first-order valence-corrected chi connectivity index (χ1v) is 5.03. The molecule has 2 aromatic rings. The first-order chi connectivity index (χ1) is 7.58. The van der Waals surface area contributed by atoms with Crippen LogP contribution in [0, 0.1) is 11.3 Å². The van der Waals surface area contributed by atoms with E-state index in [1.165, 1.54) is 0 Å². The minimum atomic E-state index is -0.480. The van der Waals surface area contributed by atoms with Crippen molar-refractivity contribution < 1.29 is 4.74 Å². The summed E-state index contributed by atoms with van der Waals surface area (Å²) in [6.45, 7) is 3.85. The molecule has 0 aliphatic heterocycles. The standard InChI is InChI=1S/C12H13N3O/c1-12(2,16-3)11-14-9-6-4-5-8(7-13)10(9)15-11/h4-6H,1-3H3,(H,14,15). The van der Waals surface area contributed by atoms with Crippen LogP contribution in [-0.2, 0) is 10.3 Å². The molecule has 1 heterocycles. The molecule has 82 valence electrons. The van der Waals surface area contributed by atoms with Crippen molar-refractivity contribution in [3.63, 3.8) is 0 Å². The van der Waals surface area contributed by atoms with E-state index in [9.17, 15) is 0 Å². The van der Waals surface area contributed by atoms with Crippen molar-refractivity contribution in [3.8, 4) is 6.07 Å². The van der Waals surface area contributed by atoms with Crippen LogP contribution in [0.5, 0.6) is 0 Å². The SMILES string of the molecule is COC(C)(C)c1nc2c(C#N)cccc2[nH]1. The largest absolute Gasteiger partial charge is 0.371 e. The van der Waals surface area contributed by atoms with Crippen LogP contribution >= 0.6 is 0 Å². The van der Waals surface area contributed by atoms with E-state index >= 15 is 0 Å². The lowest BCUT2D eigenvalue weighted by atomic mass is 10.1. The molecule has 0 unspecified atom stereocenters. The minimum absolute atomic E-state index is 0.480. The second-order valence-corrected chi connectivity index (χ2v) is 4.11. The number of H-pyrrole nitrogens is 1. The Labute approximate surface area is 93.9 Å². The van der Waals surface area contributed by atoms with Gasteiger partial charge >= 0.3 is 0 Å². The van der Waals surface area contributed by atoms with Crippen molar-refractivity contribution >= 4 is 11.0 Å². The molecule has 0 amide bonds. The summed E-state index contributed by atoms with van der Waals surface area (Å²) in [6, 6.07) is 7.62. The van der Waals surface area contributed by atoms with Crippen LogP contribution < -0.4 is 0 Å². The van der Waals surface area contributed by atoms with Gasteiger partial charge in [-0.05, 0) is 26.0 Å². The summed E-state index contributed by atoms with van der Waals surface area (Å²) >= 11 is 0. The molecule has 1 aromatic heterocycles. The van der Waals surface area contributed by atoms with E-state index in [1.54, 1.807) is 13.2 Å². The number of nitrogens with zero attached hydrogens (tertiary/aromatic N) is 2. The summed E-state index contributed by atoms with van der Waals surface area (Å²) in [4.78, 5) is 7.60. The Morgan fingerprint density at radius 3 is 2.81 bits per heavy atom. The summed E-state index contributed by atoms with van der Waals surface area (Å²) < 4.78 is 5.35. The van der Waals surface area contributed by atoms with Crippen molar-refractivity contribution in [2.24, 2.45) is 0 Å². The predicted molar refractivity (Wildman–Crippen MR) is 60.8 cm³/mol. The molecule has 4 nitrogen and oxygen atoms in total. The molecule has 0 saturated carbocycles. The Kier molecular flexibility index (Phi) is 2.41. The third kappa shape index (κ3) is 1.55. The van der Waals surface area contributed by atoms with Crippen LogP contribution in [0.3, 0.4) is 0 Å². The number of benzene rings is 1. The lowest BCUT2D eigenvalue weighted by Crippen LogP contribution is -2.21. The predicted octanol–water partition coefficient (Wildman–Crippen LogP) is 2.32. The van der Waals surface area contributed by atoms with Crippen LogP contribution in [0.1, 0.15) is 25.2 Å². The third-order valence-corrected chi connectivity index (χ3v) is 2.71. The molecule has 0 fully saturated rings. The first-order valence-electron chi connectivity index (χ1n) is 5.03. The number of para-hydroxylation sites is 1. The van der Waals surface area contributed by atoms with E-state index in [4.69, 9.17) is 10.00 Å². The van der Waals surface area contributed by atoms with Gasteiger partial charge in [-0.25, -0.2) is 4.98 Å². The molecule has 0 spiro atoms. The minimum Gasteiger partial charge on any atom is -0.371 e. The topological polar surface area (TPSA) is 61.7 Å². The zero-order chi connectivity index (χ0) is 11.8. The Morgan fingerprint density at radius 2 is 2.19 bits per heavy atom. The van der Waals surface area contributed by atoms with Gasteiger partial charge in [0.15, 0.2) is 0 Å². The maximum absolute atomic E-state index is 8.97. The molecule has 1 aromatic carbocycles. The number of nitrogens with one attached hydrogen (secondary N) is 1. The quantitative estimate of drug-likeness (QED) is 0.836. The van der Waals surface area contributed by atoms with Gasteiger partial charge < -0.3 is 9.72 Å². The number of hydrogen-bond acceptors (Lipinski definition) is 3. The highest BCUT2D eigenvalue weighted by Crippen LogP contribution is 2.24. The summed E-state index contributed by atoms with van der Waals surface area (Å²) in [6.07, 6.45) is 0. The first kappa shape index (κ1) is 10.7. The second-order valence-electron chi connectivity index (χ2n) is 4.11. The number of imidazole rings is 1. The number of rotatable bonds is 2. The molecule has 4 heteroatoms. The summed E-state index contributed by atoms with van der Waals surface area (Å²) in [7, 11) is 1.64. The van der Waals surface area contributed by atoms with Crippen molar-refractivity contribution in [2.45, 2.75) is 19.4 Å². The molecule has 0 atom stereocenters. The highest BCUT2D eigenvalue weighted by molar-refractivity contribution is 5.81. The number of hydrogen-bond donors (Lipinski definition) is 1. The van der Waals surface area contributed by atoms with Crippen LogP contribution in [0.4, 0.5) is 0 Å². The number of aromatic amines is 1. The molecule has 2 rings (SSSR count). The Balaban J connectivity index is 2.66. The van der Waals surface area contributed by atoms with Gasteiger partial charge in [-0.2, -0.15) is 5.26 Å². The molecular weight excluding hydrogens is 202 g/mol. The molecule has 0 aliphatic rings. The van der Waals surface area contributed by atoms with E-state index in [2.05, 4.69) is 16.0 Å². The average molecular weight is 215 g/mol. The lowest BCUT2D eigenvalue weighted by molar-refractivity contribution is 0.0124. The zero-order valence-corrected chi connectivity index (χ0v) is 9.53. The normalized spacial score (nSPS) is 11.6. The van der Waals surface area contributed by atoms with Crippen LogP contribution in [-0.4, -0.2) is 17.1 Å². The number of aromatic nitrogens is 2. The second kappa shape index (κ2) is 3.62. The Morgan fingerprint density at radius 1 is 1.44 bits per heavy atom. The lowest BCUT2D eigenvalue weighted by Gasteiger charge is -2.19. The highest BCUT2D eigenvalue weighted by atomic mass is 16.5. The van der Waals surface area contributed by atoms with Gasteiger partial charge in [0.2, 0.25) is 0 Å². The van der Waals surface area contributed by atoms with Crippen molar-refractivity contribution in [1.82, 2.24) is 9.97 Å². The van der Waals surface area contributed by atoms with E-state index in [0.29, 0.717) is 11.1 Å². The number of fused-ring (bicyclic) bond motifs is 1. The summed E-state index contributed by atoms with van der Waals surface area (Å²) in [5.41, 5.74) is 1.65. The summed E-state index contributed by atoms with van der Waals surface area (Å²) in [5, 5.41) is 8.97. The summed E-state index contributed by atoms with van der Waals surface area (Å²) in [5.74, 6) is 0.729. The number of methoxy groups -OCH3 is 1. The van der Waals surface area contributed by atoms with Gasteiger partial charge in [-0.3, -0.25) is 0 Å². The van der Waals surface area contributed by atoms with Gasteiger partial charge in [0.25, 0.3) is 0 Å². The molecule has 0 aliphatic carbocycles. The average Bonchev–Trinajstić information content (AvgIpc) is 2.73. The van der Waals surface area contributed by atoms with Gasteiger partial charge in [-0.15, -0.1) is 0 Å². The fraction of sp³-hybridized carbons (Fsp3) is 0.333. The van der Waals surface area contributed by atoms with Gasteiger partial charge in [0.05, 0.1) is 11.1 Å². The Hall–Kier alpha value is -1.86. The van der Waals surface area contributed by atoms with E-state index in [-0.39, 0.29) is 0 Å². The van der Waals surface area contributed by atoms with Gasteiger partial charge in [0, 0.05) is 7.11 Å². The fourth-order valence-corrected chi connectivity index (χ4v) is 1.50. The number of ether oxygens (including phenoxy) is 1. The van der Waals surface area contributed by atoms with E-state index in [1.807, 2.05) is 26.0 Å². The molecule has 0 saturated heterocycles.